The van der Waals surface area contributed by atoms with Crippen molar-refractivity contribution in [3.8, 4) is 0 Å². The summed E-state index contributed by atoms with van der Waals surface area (Å²) in [6.07, 6.45) is -3.23. The molecule has 0 aromatic rings. The van der Waals surface area contributed by atoms with E-state index in [0.29, 0.717) is 12.8 Å². The third-order valence-electron chi connectivity index (χ3n) is 5.45. The molecule has 0 N–H and O–H groups in total. The molecule has 2 heterocycles. The van der Waals surface area contributed by atoms with Crippen molar-refractivity contribution in [1.29, 1.82) is 0 Å². The normalized spacial score (nSPS) is 21.9. The summed E-state index contributed by atoms with van der Waals surface area (Å²) in [5.41, 5.74) is -0.859. The van der Waals surface area contributed by atoms with Gasteiger partial charge < -0.3 is 14.2 Å². The van der Waals surface area contributed by atoms with Crippen molar-refractivity contribution < 1.29 is 45.0 Å². The Balaban J connectivity index is 2.02. The van der Waals surface area contributed by atoms with Crippen molar-refractivity contribution in [2.45, 2.75) is 69.2 Å². The second-order valence-electron chi connectivity index (χ2n) is 9.03. The second-order valence-corrected chi connectivity index (χ2v) is 11.3. The molecular formula is C19H31F4NO6S. The molecule has 2 fully saturated rings. The summed E-state index contributed by atoms with van der Waals surface area (Å²) in [7, 11) is -4.08. The number of halogens is 4. The van der Waals surface area contributed by atoms with Crippen molar-refractivity contribution in [2.75, 3.05) is 39.5 Å². The van der Waals surface area contributed by atoms with Crippen LogP contribution >= 0.6 is 0 Å². The Morgan fingerprint density at radius 3 is 2.19 bits per heavy atom. The molecule has 7 nitrogen and oxygen atoms in total. The molecule has 0 amide bonds. The van der Waals surface area contributed by atoms with E-state index in [4.69, 9.17) is 14.2 Å². The first-order chi connectivity index (χ1) is 14.2. The summed E-state index contributed by atoms with van der Waals surface area (Å²) < 4.78 is 92.2. The molecule has 0 saturated carbocycles. The number of piperidine rings is 1. The standard InChI is InChI=1S/C19H31F4NO6S/c1-17(2,3)30-16(25)18(6-10-28-11-7-18)31(26,27)24-8-4-14(5-9-24)12-29-13-19(22,23)15(20)21/h14-15H,4-13H2,1-3H3. The second kappa shape index (κ2) is 9.88. The largest absolute Gasteiger partial charge is 0.459 e. The van der Waals surface area contributed by atoms with Gasteiger partial charge in [0.15, 0.2) is 4.75 Å². The highest BCUT2D eigenvalue weighted by atomic mass is 32.2. The molecule has 31 heavy (non-hydrogen) atoms. The number of alkyl halides is 4. The molecule has 2 aliphatic heterocycles. The van der Waals surface area contributed by atoms with Crippen molar-refractivity contribution in [1.82, 2.24) is 4.31 Å². The molecule has 0 spiro atoms. The van der Waals surface area contributed by atoms with Gasteiger partial charge in [-0.15, -0.1) is 0 Å². The molecule has 12 heteroatoms. The molecular weight excluding hydrogens is 446 g/mol. The van der Waals surface area contributed by atoms with Gasteiger partial charge in [-0.05, 0) is 39.5 Å². The summed E-state index contributed by atoms with van der Waals surface area (Å²) in [6.45, 7) is 3.81. The molecule has 0 radical (unpaired) electrons. The molecule has 0 bridgehead atoms. The summed E-state index contributed by atoms with van der Waals surface area (Å²) in [5, 5.41) is 0. The van der Waals surface area contributed by atoms with Gasteiger partial charge in [0.2, 0.25) is 10.0 Å². The number of hydrogen-bond donors (Lipinski definition) is 0. The molecule has 2 rings (SSSR count). The molecule has 0 unspecified atom stereocenters. The Morgan fingerprint density at radius 2 is 1.71 bits per heavy atom. The maximum atomic E-state index is 13.5. The van der Waals surface area contributed by atoms with E-state index in [2.05, 4.69) is 0 Å². The number of sulfonamides is 1. The number of esters is 1. The highest BCUT2D eigenvalue weighted by molar-refractivity contribution is 7.91. The van der Waals surface area contributed by atoms with Crippen LogP contribution in [0.2, 0.25) is 0 Å². The molecule has 0 atom stereocenters. The topological polar surface area (TPSA) is 82.1 Å². The number of nitrogens with zero attached hydrogens (tertiary/aromatic N) is 1. The van der Waals surface area contributed by atoms with Crippen molar-refractivity contribution in [3.63, 3.8) is 0 Å². The Morgan fingerprint density at radius 1 is 1.16 bits per heavy atom. The highest BCUT2D eigenvalue weighted by Crippen LogP contribution is 2.37. The third-order valence-corrected chi connectivity index (χ3v) is 8.05. The van der Waals surface area contributed by atoms with E-state index in [-0.39, 0.29) is 51.7 Å². The monoisotopic (exact) mass is 477 g/mol. The first-order valence-electron chi connectivity index (χ1n) is 10.3. The van der Waals surface area contributed by atoms with Gasteiger partial charge in [-0.2, -0.15) is 8.78 Å². The minimum Gasteiger partial charge on any atom is -0.459 e. The van der Waals surface area contributed by atoms with Gasteiger partial charge in [0, 0.05) is 45.8 Å². The van der Waals surface area contributed by atoms with Crippen LogP contribution in [0.5, 0.6) is 0 Å². The SMILES string of the molecule is CC(C)(C)OC(=O)C1(S(=O)(=O)N2CCC(COCC(F)(F)C(F)F)CC2)CCOCC1. The van der Waals surface area contributed by atoms with Crippen LogP contribution in [-0.2, 0) is 29.0 Å². The number of hydrogen-bond acceptors (Lipinski definition) is 6. The Hall–Kier alpha value is -0.980. The number of ether oxygens (including phenoxy) is 3. The fourth-order valence-corrected chi connectivity index (χ4v) is 5.75. The van der Waals surface area contributed by atoms with E-state index in [1.807, 2.05) is 0 Å². The van der Waals surface area contributed by atoms with Crippen molar-refractivity contribution in [3.05, 3.63) is 0 Å². The van der Waals surface area contributed by atoms with E-state index in [1.165, 1.54) is 4.31 Å². The van der Waals surface area contributed by atoms with Gasteiger partial charge in [-0.3, -0.25) is 4.79 Å². The first-order valence-corrected chi connectivity index (χ1v) is 11.7. The minimum absolute atomic E-state index is 0.0179. The third kappa shape index (κ3) is 6.29. The number of rotatable bonds is 8. The fourth-order valence-electron chi connectivity index (χ4n) is 3.63. The van der Waals surface area contributed by atoms with Crippen molar-refractivity contribution >= 4 is 16.0 Å². The van der Waals surface area contributed by atoms with Gasteiger partial charge in [0.05, 0.1) is 0 Å². The lowest BCUT2D eigenvalue weighted by Gasteiger charge is -2.41. The van der Waals surface area contributed by atoms with Crippen LogP contribution in [0, 0.1) is 5.92 Å². The predicted octanol–water partition coefficient (Wildman–Crippen LogP) is 2.84. The van der Waals surface area contributed by atoms with Crippen LogP contribution < -0.4 is 0 Å². The van der Waals surface area contributed by atoms with Gasteiger partial charge in [0.25, 0.3) is 0 Å². The zero-order valence-corrected chi connectivity index (χ0v) is 18.9. The summed E-state index contributed by atoms with van der Waals surface area (Å²) >= 11 is 0. The minimum atomic E-state index is -4.22. The fraction of sp³-hybridized carbons (Fsp3) is 0.947. The van der Waals surface area contributed by atoms with E-state index in [0.717, 1.165) is 0 Å². The van der Waals surface area contributed by atoms with Gasteiger partial charge in [-0.25, -0.2) is 21.5 Å². The molecule has 0 aromatic heterocycles. The maximum Gasteiger partial charge on any atom is 0.330 e. The Kier molecular flexibility index (Phi) is 8.37. The van der Waals surface area contributed by atoms with Crippen LogP contribution in [0.4, 0.5) is 17.6 Å². The Labute approximate surface area is 180 Å². The van der Waals surface area contributed by atoms with E-state index in [1.54, 1.807) is 20.8 Å². The first kappa shape index (κ1) is 26.3. The van der Waals surface area contributed by atoms with E-state index < -0.39 is 45.3 Å². The lowest BCUT2D eigenvalue weighted by molar-refractivity contribution is -0.168. The highest BCUT2D eigenvalue weighted by Gasteiger charge is 2.56. The lowest BCUT2D eigenvalue weighted by Crippen LogP contribution is -2.59. The molecule has 182 valence electrons. The smallest absolute Gasteiger partial charge is 0.330 e. The lowest BCUT2D eigenvalue weighted by atomic mass is 9.98. The predicted molar refractivity (Wildman–Crippen MR) is 104 cm³/mol. The van der Waals surface area contributed by atoms with E-state index >= 15 is 0 Å². The van der Waals surface area contributed by atoms with E-state index in [9.17, 15) is 30.8 Å². The summed E-state index contributed by atoms with van der Waals surface area (Å²) in [6, 6.07) is 0. The Bertz CT molecular complexity index is 711. The summed E-state index contributed by atoms with van der Waals surface area (Å²) in [5.74, 6) is -5.26. The van der Waals surface area contributed by atoms with Gasteiger partial charge in [-0.1, -0.05) is 0 Å². The quantitative estimate of drug-likeness (QED) is 0.395. The molecule has 0 aromatic carbocycles. The average molecular weight is 478 g/mol. The van der Waals surface area contributed by atoms with Crippen LogP contribution in [0.1, 0.15) is 46.5 Å². The number of carbonyl (C=O) groups is 1. The number of carbonyl (C=O) groups excluding carboxylic acids is 1. The van der Waals surface area contributed by atoms with Crippen LogP contribution in [0.15, 0.2) is 0 Å². The van der Waals surface area contributed by atoms with Crippen LogP contribution in [0.3, 0.4) is 0 Å². The van der Waals surface area contributed by atoms with Crippen LogP contribution in [-0.4, -0.2) is 80.9 Å². The average Bonchev–Trinajstić information content (AvgIpc) is 2.67. The van der Waals surface area contributed by atoms with Gasteiger partial charge in [0.1, 0.15) is 12.2 Å². The molecule has 2 saturated heterocycles. The zero-order chi connectivity index (χ0) is 23.5. The summed E-state index contributed by atoms with van der Waals surface area (Å²) in [4.78, 5) is 12.9. The zero-order valence-electron chi connectivity index (χ0n) is 18.0. The molecule has 0 aliphatic carbocycles. The van der Waals surface area contributed by atoms with Crippen LogP contribution in [0.25, 0.3) is 0 Å². The maximum absolute atomic E-state index is 13.5. The van der Waals surface area contributed by atoms with Crippen molar-refractivity contribution in [2.24, 2.45) is 5.92 Å². The van der Waals surface area contributed by atoms with Gasteiger partial charge >= 0.3 is 18.3 Å². The molecule has 2 aliphatic rings.